The van der Waals surface area contributed by atoms with Crippen molar-refractivity contribution in [1.29, 1.82) is 5.26 Å². The molecule has 7 rings (SSSR count). The van der Waals surface area contributed by atoms with E-state index in [0.29, 0.717) is 65.4 Å². The van der Waals surface area contributed by atoms with Crippen LogP contribution in [-0.4, -0.2) is 95.3 Å². The zero-order chi connectivity index (χ0) is 31.1. The molecule has 0 N–H and O–H groups in total. The number of nitrogens with zero attached hydrogens (tertiary/aromatic N) is 7. The molecule has 0 radical (unpaired) electrons. The number of fused-ring (bicyclic) bond motifs is 4. The Morgan fingerprint density at radius 2 is 2.00 bits per heavy atom. The second-order valence-electron chi connectivity index (χ2n) is 11.5. The number of rotatable bonds is 7. The Kier molecular flexibility index (Phi) is 7.95. The number of methoxy groups -OCH3 is 1. The van der Waals surface area contributed by atoms with E-state index in [9.17, 15) is 10.1 Å². The highest BCUT2D eigenvalue weighted by atomic mass is 35.5. The number of morpholine rings is 1. The first-order valence-electron chi connectivity index (χ1n) is 15.0. The number of piperazine rings is 1. The molecule has 4 aromatic rings. The fourth-order valence-electron chi connectivity index (χ4n) is 6.73. The molecule has 10 nitrogen and oxygen atoms in total. The predicted octanol–water partition coefficient (Wildman–Crippen LogP) is 4.61. The van der Waals surface area contributed by atoms with E-state index in [1.54, 1.807) is 29.3 Å². The third-order valence-electron chi connectivity index (χ3n) is 9.01. The molecule has 12 heteroatoms. The molecule has 0 aliphatic carbocycles. The number of halogens is 2. The van der Waals surface area contributed by atoms with Crippen LogP contribution < -0.4 is 9.64 Å². The van der Waals surface area contributed by atoms with Crippen LogP contribution in [-0.2, 0) is 9.53 Å². The van der Waals surface area contributed by atoms with Crippen molar-refractivity contribution in [2.45, 2.75) is 31.0 Å². The van der Waals surface area contributed by atoms with Crippen molar-refractivity contribution in [2.75, 3.05) is 51.4 Å². The van der Waals surface area contributed by atoms with Gasteiger partial charge in [0.1, 0.15) is 17.0 Å². The molecule has 3 aliphatic rings. The third kappa shape index (κ3) is 5.33. The molecule has 230 valence electrons. The van der Waals surface area contributed by atoms with Crippen LogP contribution in [0.2, 0.25) is 5.02 Å². The van der Waals surface area contributed by atoms with E-state index in [1.807, 2.05) is 35.2 Å². The number of ether oxygens (including phenoxy) is 2. The smallest absolute Gasteiger partial charge is 0.318 e. The van der Waals surface area contributed by atoms with Crippen molar-refractivity contribution in [3.8, 4) is 23.3 Å². The SMILES string of the molecule is COc1nc(N2CCN(C(=O)/C=C/CN3C4COCC3C4)[C@@H](CC#N)C2)c2cnc(-c3cccc4cccc(Cl)c34)c(F)c2n1. The summed E-state index contributed by atoms with van der Waals surface area (Å²) in [6.07, 6.45) is 6.37. The van der Waals surface area contributed by atoms with E-state index in [2.05, 4.69) is 25.9 Å². The topological polar surface area (TPSA) is 108 Å². The fourth-order valence-corrected chi connectivity index (χ4v) is 7.02. The first-order valence-corrected chi connectivity index (χ1v) is 15.3. The number of pyridine rings is 1. The van der Waals surface area contributed by atoms with Crippen LogP contribution in [0.5, 0.6) is 6.01 Å². The number of carbonyl (C=O) groups is 1. The molecule has 2 unspecified atom stereocenters. The number of nitriles is 1. The Hall–Kier alpha value is -4.37. The van der Waals surface area contributed by atoms with Crippen LogP contribution in [0.25, 0.3) is 32.9 Å². The van der Waals surface area contributed by atoms with Gasteiger partial charge in [-0.3, -0.25) is 14.7 Å². The van der Waals surface area contributed by atoms with Gasteiger partial charge in [-0.25, -0.2) is 4.39 Å². The van der Waals surface area contributed by atoms with E-state index in [0.717, 1.165) is 25.0 Å². The largest absolute Gasteiger partial charge is 0.467 e. The molecule has 1 amide bonds. The molecule has 2 bridgehead atoms. The first kappa shape index (κ1) is 29.3. The molecule has 0 spiro atoms. The van der Waals surface area contributed by atoms with Gasteiger partial charge < -0.3 is 19.3 Å². The van der Waals surface area contributed by atoms with E-state index in [4.69, 9.17) is 21.1 Å². The van der Waals surface area contributed by atoms with Crippen LogP contribution in [0.1, 0.15) is 12.8 Å². The standard InChI is InChI=1S/C33H31ClFN7O3/c1-44-33-38-31-25(16-37-30(29(31)35)24-7-2-5-20-6-3-8-26(34)28(20)24)32(39-33)40-13-14-42(21(17-40)10-11-36)27(43)9-4-12-41-22-15-23(41)19-45-18-22/h2-9,16,21-23H,10,12-15,17-19H2,1H3/b9-4+/t21-,22?,23?/m0/s1. The number of hydrogen-bond acceptors (Lipinski definition) is 9. The minimum absolute atomic E-state index is 0.00364. The number of hydrogen-bond donors (Lipinski definition) is 0. The molecular formula is C33H31ClFN7O3. The molecule has 3 aliphatic heterocycles. The molecule has 3 fully saturated rings. The molecule has 5 heterocycles. The second-order valence-corrected chi connectivity index (χ2v) is 11.9. The molecule has 3 saturated heterocycles. The fraction of sp³-hybridized carbons (Fsp3) is 0.364. The van der Waals surface area contributed by atoms with Gasteiger partial charge in [-0.1, -0.05) is 48.0 Å². The van der Waals surface area contributed by atoms with E-state index in [1.165, 1.54) is 7.11 Å². The van der Waals surface area contributed by atoms with Crippen LogP contribution in [0, 0.1) is 17.1 Å². The van der Waals surface area contributed by atoms with Crippen molar-refractivity contribution < 1.29 is 18.7 Å². The highest BCUT2D eigenvalue weighted by Crippen LogP contribution is 2.37. The number of amides is 1. The summed E-state index contributed by atoms with van der Waals surface area (Å²) in [5, 5.41) is 12.1. The Balaban J connectivity index is 1.17. The zero-order valence-electron chi connectivity index (χ0n) is 24.7. The highest BCUT2D eigenvalue weighted by molar-refractivity contribution is 6.36. The van der Waals surface area contributed by atoms with Crippen molar-refractivity contribution >= 4 is 45.0 Å². The number of benzene rings is 2. The first-order chi connectivity index (χ1) is 22.0. The van der Waals surface area contributed by atoms with E-state index < -0.39 is 5.82 Å². The average Bonchev–Trinajstić information content (AvgIpc) is 3.06. The molecule has 0 saturated carbocycles. The summed E-state index contributed by atoms with van der Waals surface area (Å²) >= 11 is 6.54. The predicted molar refractivity (Wildman–Crippen MR) is 169 cm³/mol. The minimum Gasteiger partial charge on any atom is -0.467 e. The van der Waals surface area contributed by atoms with Gasteiger partial charge in [0, 0.05) is 66.5 Å². The normalized spacial score (nSPS) is 21.7. The maximum absolute atomic E-state index is 16.3. The van der Waals surface area contributed by atoms with Crippen molar-refractivity contribution in [1.82, 2.24) is 24.8 Å². The monoisotopic (exact) mass is 627 g/mol. The van der Waals surface area contributed by atoms with Crippen LogP contribution in [0.3, 0.4) is 0 Å². The lowest BCUT2D eigenvalue weighted by molar-refractivity contribution is -0.129. The number of anilines is 1. The molecular weight excluding hydrogens is 597 g/mol. The Morgan fingerprint density at radius 1 is 1.20 bits per heavy atom. The van der Waals surface area contributed by atoms with Gasteiger partial charge in [0.15, 0.2) is 5.82 Å². The zero-order valence-corrected chi connectivity index (χ0v) is 25.5. The molecule has 2 aromatic heterocycles. The average molecular weight is 628 g/mol. The second kappa shape index (κ2) is 12.2. The molecule has 2 aromatic carbocycles. The summed E-state index contributed by atoms with van der Waals surface area (Å²) in [5.41, 5.74) is 0.730. The quantitative estimate of drug-likeness (QED) is 0.272. The Bertz CT molecular complexity index is 1840. The maximum atomic E-state index is 16.3. The van der Waals surface area contributed by atoms with E-state index >= 15 is 4.39 Å². The Morgan fingerprint density at radius 3 is 2.76 bits per heavy atom. The van der Waals surface area contributed by atoms with Gasteiger partial charge in [0.25, 0.3) is 0 Å². The number of aromatic nitrogens is 3. The summed E-state index contributed by atoms with van der Waals surface area (Å²) in [4.78, 5) is 32.8. The van der Waals surface area contributed by atoms with Crippen LogP contribution >= 0.6 is 11.6 Å². The highest BCUT2D eigenvalue weighted by Gasteiger charge is 2.41. The molecule has 45 heavy (non-hydrogen) atoms. The van der Waals surface area contributed by atoms with Crippen molar-refractivity contribution in [2.24, 2.45) is 0 Å². The summed E-state index contributed by atoms with van der Waals surface area (Å²) < 4.78 is 27.3. The Labute approximate surface area is 264 Å². The van der Waals surface area contributed by atoms with Gasteiger partial charge >= 0.3 is 6.01 Å². The minimum atomic E-state index is -0.618. The summed E-state index contributed by atoms with van der Waals surface area (Å²) in [6, 6.07) is 13.8. The van der Waals surface area contributed by atoms with Gasteiger partial charge in [0.2, 0.25) is 5.91 Å². The van der Waals surface area contributed by atoms with Crippen LogP contribution in [0.4, 0.5) is 10.2 Å². The van der Waals surface area contributed by atoms with Gasteiger partial charge in [-0.05, 0) is 17.9 Å². The van der Waals surface area contributed by atoms with Gasteiger partial charge in [0.05, 0.1) is 44.2 Å². The van der Waals surface area contributed by atoms with Gasteiger partial charge in [-0.15, -0.1) is 0 Å². The van der Waals surface area contributed by atoms with Crippen LogP contribution in [0.15, 0.2) is 54.7 Å². The summed E-state index contributed by atoms with van der Waals surface area (Å²) in [6.45, 7) is 3.31. The lowest BCUT2D eigenvalue weighted by Gasteiger charge is -2.52. The van der Waals surface area contributed by atoms with Crippen molar-refractivity contribution in [3.63, 3.8) is 0 Å². The van der Waals surface area contributed by atoms with Crippen molar-refractivity contribution in [3.05, 3.63) is 65.6 Å². The summed E-state index contributed by atoms with van der Waals surface area (Å²) in [7, 11) is 1.43. The van der Waals surface area contributed by atoms with E-state index in [-0.39, 0.29) is 35.6 Å². The van der Waals surface area contributed by atoms with Gasteiger partial charge in [-0.2, -0.15) is 15.2 Å². The maximum Gasteiger partial charge on any atom is 0.318 e. The third-order valence-corrected chi connectivity index (χ3v) is 9.32. The number of carbonyl (C=O) groups excluding carboxylic acids is 1. The lowest BCUT2D eigenvalue weighted by Crippen LogP contribution is -2.63. The molecule has 3 atom stereocenters. The summed E-state index contributed by atoms with van der Waals surface area (Å²) in [5.74, 6) is -0.316. The lowest BCUT2D eigenvalue weighted by atomic mass is 9.91.